The highest BCUT2D eigenvalue weighted by Gasteiger charge is 2.23. The van der Waals surface area contributed by atoms with Crippen molar-refractivity contribution in [2.24, 2.45) is 7.05 Å². The number of benzene rings is 2. The monoisotopic (exact) mass is 446 g/mol. The van der Waals surface area contributed by atoms with Crippen molar-refractivity contribution in [2.75, 3.05) is 40.5 Å². The van der Waals surface area contributed by atoms with Gasteiger partial charge in [-0.15, -0.1) is 0 Å². The number of nitrogens with zero attached hydrogens (tertiary/aromatic N) is 4. The minimum atomic E-state index is -0.0144. The Balaban J connectivity index is 1.56. The summed E-state index contributed by atoms with van der Waals surface area (Å²) in [6, 6.07) is 14.5. The van der Waals surface area contributed by atoms with E-state index in [9.17, 15) is 4.79 Å². The zero-order valence-electron chi connectivity index (χ0n) is 19.5. The van der Waals surface area contributed by atoms with E-state index in [1.807, 2.05) is 43.9 Å². The molecule has 0 aliphatic carbocycles. The quantitative estimate of drug-likeness (QED) is 0.450. The number of pyridine rings is 1. The maximum Gasteiger partial charge on any atom is 0.329 e. The molecular weight excluding hydrogens is 416 g/mol. The van der Waals surface area contributed by atoms with Crippen LogP contribution >= 0.6 is 0 Å². The molecule has 33 heavy (non-hydrogen) atoms. The van der Waals surface area contributed by atoms with Crippen molar-refractivity contribution >= 4 is 21.9 Å². The van der Waals surface area contributed by atoms with Crippen LogP contribution in [0.3, 0.4) is 0 Å². The van der Waals surface area contributed by atoms with E-state index in [4.69, 9.17) is 9.47 Å². The summed E-state index contributed by atoms with van der Waals surface area (Å²) in [6.45, 7) is 2.86. The first-order chi connectivity index (χ1) is 16.0. The SMILES string of the molecule is CN(C)CCOc1ccc(-c2ccc3ncc4c(c3c2)n([C@@H]2CCCOC2)c(=O)n4C)cc1. The molecule has 0 N–H and O–H groups in total. The van der Waals surface area contributed by atoms with Crippen molar-refractivity contribution in [3.05, 3.63) is 59.1 Å². The molecule has 1 atom stereocenters. The molecule has 2 aromatic carbocycles. The fourth-order valence-electron chi connectivity index (χ4n) is 4.56. The lowest BCUT2D eigenvalue weighted by Crippen LogP contribution is -2.31. The maximum atomic E-state index is 13.2. The third kappa shape index (κ3) is 4.14. The molecule has 1 saturated heterocycles. The first-order valence-electron chi connectivity index (χ1n) is 11.5. The Hall–Kier alpha value is -3.16. The zero-order chi connectivity index (χ0) is 22.9. The summed E-state index contributed by atoms with van der Waals surface area (Å²) in [4.78, 5) is 19.9. The number of aromatic nitrogens is 3. The van der Waals surface area contributed by atoms with Gasteiger partial charge in [0.15, 0.2) is 0 Å². The average Bonchev–Trinajstić information content (AvgIpc) is 3.10. The molecule has 7 nitrogen and oxygen atoms in total. The Morgan fingerprint density at radius 1 is 1.15 bits per heavy atom. The van der Waals surface area contributed by atoms with Gasteiger partial charge in [0.2, 0.25) is 0 Å². The van der Waals surface area contributed by atoms with Gasteiger partial charge in [-0.2, -0.15) is 0 Å². The molecule has 0 bridgehead atoms. The van der Waals surface area contributed by atoms with Crippen LogP contribution in [0.5, 0.6) is 5.75 Å². The molecule has 0 saturated carbocycles. The largest absolute Gasteiger partial charge is 0.492 e. The first kappa shape index (κ1) is 21.7. The highest BCUT2D eigenvalue weighted by Crippen LogP contribution is 2.31. The lowest BCUT2D eigenvalue weighted by atomic mass is 10.0. The molecule has 7 heteroatoms. The van der Waals surface area contributed by atoms with Crippen molar-refractivity contribution < 1.29 is 9.47 Å². The number of imidazole rings is 1. The highest BCUT2D eigenvalue weighted by atomic mass is 16.5. The van der Waals surface area contributed by atoms with E-state index in [2.05, 4.69) is 34.1 Å². The molecule has 5 rings (SSSR count). The van der Waals surface area contributed by atoms with Crippen LogP contribution < -0.4 is 10.4 Å². The minimum Gasteiger partial charge on any atom is -0.492 e. The summed E-state index contributed by atoms with van der Waals surface area (Å²) >= 11 is 0. The lowest BCUT2D eigenvalue weighted by Gasteiger charge is -2.23. The van der Waals surface area contributed by atoms with Gasteiger partial charge in [-0.3, -0.25) is 14.1 Å². The van der Waals surface area contributed by atoms with Gasteiger partial charge in [0.05, 0.1) is 35.4 Å². The Morgan fingerprint density at radius 3 is 2.67 bits per heavy atom. The molecule has 1 aliphatic rings. The highest BCUT2D eigenvalue weighted by molar-refractivity contribution is 6.04. The van der Waals surface area contributed by atoms with Crippen LogP contribution in [0.2, 0.25) is 0 Å². The summed E-state index contributed by atoms with van der Waals surface area (Å²) < 4.78 is 15.2. The third-order valence-corrected chi connectivity index (χ3v) is 6.41. The molecule has 1 fully saturated rings. The summed E-state index contributed by atoms with van der Waals surface area (Å²) in [5.74, 6) is 0.861. The van der Waals surface area contributed by atoms with Gasteiger partial charge in [-0.25, -0.2) is 4.79 Å². The molecule has 4 aromatic rings. The molecule has 0 amide bonds. The standard InChI is InChI=1S/C26H30N4O3/c1-28(2)12-14-33-21-9-6-18(7-10-21)19-8-11-23-22(15-19)25-24(16-27-23)29(3)26(31)30(25)20-5-4-13-32-17-20/h6-11,15-16,20H,4-5,12-14,17H2,1-3H3/t20-/m1/s1. The summed E-state index contributed by atoms with van der Waals surface area (Å²) in [5.41, 5.74) is 4.83. The third-order valence-electron chi connectivity index (χ3n) is 6.41. The van der Waals surface area contributed by atoms with Crippen molar-refractivity contribution in [1.29, 1.82) is 0 Å². The minimum absolute atomic E-state index is 0.0144. The van der Waals surface area contributed by atoms with Gasteiger partial charge in [-0.05, 0) is 62.3 Å². The van der Waals surface area contributed by atoms with E-state index in [1.165, 1.54) is 0 Å². The van der Waals surface area contributed by atoms with Crippen LogP contribution in [0, 0.1) is 0 Å². The second-order valence-electron chi connectivity index (χ2n) is 8.98. The number of likely N-dealkylation sites (N-methyl/N-ethyl adjacent to an activating group) is 1. The zero-order valence-corrected chi connectivity index (χ0v) is 19.5. The van der Waals surface area contributed by atoms with Crippen LogP contribution in [-0.2, 0) is 11.8 Å². The maximum absolute atomic E-state index is 13.2. The average molecular weight is 447 g/mol. The van der Waals surface area contributed by atoms with Crippen molar-refractivity contribution in [1.82, 2.24) is 19.0 Å². The van der Waals surface area contributed by atoms with E-state index in [-0.39, 0.29) is 11.7 Å². The summed E-state index contributed by atoms with van der Waals surface area (Å²) in [7, 11) is 5.88. The summed E-state index contributed by atoms with van der Waals surface area (Å²) in [6.07, 6.45) is 3.71. The molecule has 172 valence electrons. The molecule has 0 spiro atoms. The predicted molar refractivity (Wildman–Crippen MR) is 131 cm³/mol. The molecule has 3 heterocycles. The Bertz CT molecular complexity index is 1330. The van der Waals surface area contributed by atoms with E-state index in [0.29, 0.717) is 13.2 Å². The Labute approximate surface area is 193 Å². The van der Waals surface area contributed by atoms with E-state index < -0.39 is 0 Å². The topological polar surface area (TPSA) is 61.5 Å². The molecule has 0 radical (unpaired) electrons. The van der Waals surface area contributed by atoms with E-state index in [1.54, 1.807) is 10.8 Å². The lowest BCUT2D eigenvalue weighted by molar-refractivity contribution is 0.0593. The molecule has 1 aliphatic heterocycles. The van der Waals surface area contributed by atoms with Crippen molar-refractivity contribution in [3.63, 3.8) is 0 Å². The normalized spacial score (nSPS) is 16.7. The number of rotatable bonds is 6. The smallest absolute Gasteiger partial charge is 0.329 e. The molecule has 0 unspecified atom stereocenters. The number of ether oxygens (including phenoxy) is 2. The van der Waals surface area contributed by atoms with Gasteiger partial charge in [0.25, 0.3) is 0 Å². The van der Waals surface area contributed by atoms with Crippen LogP contribution in [0.25, 0.3) is 33.1 Å². The van der Waals surface area contributed by atoms with Crippen LogP contribution in [0.4, 0.5) is 0 Å². The number of aryl methyl sites for hydroxylation is 1. The van der Waals surface area contributed by atoms with Crippen molar-refractivity contribution in [2.45, 2.75) is 18.9 Å². The van der Waals surface area contributed by atoms with Gasteiger partial charge >= 0.3 is 5.69 Å². The van der Waals surface area contributed by atoms with Gasteiger partial charge in [0.1, 0.15) is 12.4 Å². The van der Waals surface area contributed by atoms with Gasteiger partial charge in [-0.1, -0.05) is 18.2 Å². The fraction of sp³-hybridized carbons (Fsp3) is 0.385. The predicted octanol–water partition coefficient (Wildman–Crippen LogP) is 3.85. The van der Waals surface area contributed by atoms with Gasteiger partial charge in [0, 0.05) is 25.6 Å². The number of hydrogen-bond acceptors (Lipinski definition) is 5. The second kappa shape index (κ2) is 9.00. The number of hydrogen-bond donors (Lipinski definition) is 0. The Kier molecular flexibility index (Phi) is 5.91. The molecular formula is C26H30N4O3. The fourth-order valence-corrected chi connectivity index (χ4v) is 4.56. The van der Waals surface area contributed by atoms with E-state index >= 15 is 0 Å². The second-order valence-corrected chi connectivity index (χ2v) is 8.98. The van der Waals surface area contributed by atoms with Crippen LogP contribution in [0.1, 0.15) is 18.9 Å². The van der Waals surface area contributed by atoms with E-state index in [0.717, 1.165) is 64.8 Å². The van der Waals surface area contributed by atoms with Crippen molar-refractivity contribution in [3.8, 4) is 16.9 Å². The first-order valence-corrected chi connectivity index (χ1v) is 11.5. The molecule has 2 aromatic heterocycles. The number of fused-ring (bicyclic) bond motifs is 3. The van der Waals surface area contributed by atoms with Gasteiger partial charge < -0.3 is 14.4 Å². The van der Waals surface area contributed by atoms with Crippen LogP contribution in [-0.4, -0.2) is 59.5 Å². The Morgan fingerprint density at radius 2 is 1.94 bits per heavy atom. The summed E-state index contributed by atoms with van der Waals surface area (Å²) in [5, 5.41) is 0.986. The van der Waals surface area contributed by atoms with Crippen LogP contribution in [0.15, 0.2) is 53.5 Å².